The first-order valence-corrected chi connectivity index (χ1v) is 8.91. The van der Waals surface area contributed by atoms with Crippen LogP contribution in [0.3, 0.4) is 0 Å². The Morgan fingerprint density at radius 2 is 1.77 bits per heavy atom. The molecule has 1 aromatic heterocycles. The highest BCUT2D eigenvalue weighted by Gasteiger charge is 2.18. The second-order valence-corrected chi connectivity index (χ2v) is 6.93. The summed E-state index contributed by atoms with van der Waals surface area (Å²) in [5.41, 5.74) is 2.66. The van der Waals surface area contributed by atoms with E-state index in [1.165, 1.54) is 0 Å². The van der Waals surface area contributed by atoms with Crippen molar-refractivity contribution in [3.05, 3.63) is 71.5 Å². The maximum absolute atomic E-state index is 12.6. The van der Waals surface area contributed by atoms with Gasteiger partial charge in [-0.25, -0.2) is 0 Å². The van der Waals surface area contributed by atoms with E-state index >= 15 is 0 Å². The average Bonchev–Trinajstić information content (AvgIpc) is 3.14. The zero-order valence-corrected chi connectivity index (χ0v) is 15.5. The van der Waals surface area contributed by atoms with Crippen molar-refractivity contribution >= 4 is 17.5 Å². The van der Waals surface area contributed by atoms with Gasteiger partial charge < -0.3 is 5.32 Å². The number of rotatable bonds is 6. The van der Waals surface area contributed by atoms with Gasteiger partial charge in [-0.1, -0.05) is 49.7 Å². The van der Waals surface area contributed by atoms with Crippen molar-refractivity contribution in [2.45, 2.75) is 26.4 Å². The zero-order valence-electron chi connectivity index (χ0n) is 14.8. The summed E-state index contributed by atoms with van der Waals surface area (Å²) >= 11 is 6.05. The summed E-state index contributed by atoms with van der Waals surface area (Å²) in [5.74, 6) is 0.157. The molecule has 0 aliphatic heterocycles. The summed E-state index contributed by atoms with van der Waals surface area (Å²) in [6.07, 6.45) is 3.27. The standard InChI is InChI=1S/C20H21ClN4O/c1-14(2)19(13-25-22-10-11-23-25)24-20(26)16-8-6-15(7-9-16)17-4-3-5-18(21)12-17/h3-12,14,19H,13H2,1-2H3,(H,24,26). The average molecular weight is 369 g/mol. The van der Waals surface area contributed by atoms with Gasteiger partial charge in [-0.15, -0.1) is 0 Å². The number of nitrogens with one attached hydrogen (secondary N) is 1. The van der Waals surface area contributed by atoms with Crippen molar-refractivity contribution < 1.29 is 4.79 Å². The number of amides is 1. The van der Waals surface area contributed by atoms with Crippen LogP contribution in [0.5, 0.6) is 0 Å². The molecule has 0 spiro atoms. The van der Waals surface area contributed by atoms with E-state index in [0.29, 0.717) is 17.1 Å². The van der Waals surface area contributed by atoms with E-state index in [2.05, 4.69) is 29.4 Å². The quantitative estimate of drug-likeness (QED) is 0.714. The van der Waals surface area contributed by atoms with Crippen LogP contribution in [0.25, 0.3) is 11.1 Å². The SMILES string of the molecule is CC(C)C(Cn1nccn1)NC(=O)c1ccc(-c2cccc(Cl)c2)cc1. The fourth-order valence-electron chi connectivity index (χ4n) is 2.67. The first-order valence-electron chi connectivity index (χ1n) is 8.54. The molecule has 1 unspecified atom stereocenters. The van der Waals surface area contributed by atoms with Gasteiger partial charge in [0.05, 0.1) is 25.0 Å². The van der Waals surface area contributed by atoms with Crippen LogP contribution in [0.4, 0.5) is 0 Å². The molecule has 0 aliphatic rings. The number of nitrogens with zero attached hydrogens (tertiary/aromatic N) is 3. The molecule has 2 aromatic carbocycles. The zero-order chi connectivity index (χ0) is 18.5. The van der Waals surface area contributed by atoms with Crippen molar-refractivity contribution in [1.82, 2.24) is 20.3 Å². The van der Waals surface area contributed by atoms with Gasteiger partial charge >= 0.3 is 0 Å². The molecule has 6 heteroatoms. The van der Waals surface area contributed by atoms with E-state index in [-0.39, 0.29) is 17.9 Å². The number of hydrogen-bond donors (Lipinski definition) is 1. The molecule has 0 bridgehead atoms. The minimum Gasteiger partial charge on any atom is -0.347 e. The molecular formula is C20H21ClN4O. The largest absolute Gasteiger partial charge is 0.347 e. The molecule has 3 aromatic rings. The minimum absolute atomic E-state index is 0.0532. The molecule has 1 N–H and O–H groups in total. The van der Waals surface area contributed by atoms with Gasteiger partial charge in [0, 0.05) is 10.6 Å². The number of carbonyl (C=O) groups is 1. The minimum atomic E-state index is -0.103. The molecular weight excluding hydrogens is 348 g/mol. The smallest absolute Gasteiger partial charge is 0.251 e. The predicted octanol–water partition coefficient (Wildman–Crippen LogP) is 4.05. The first-order chi connectivity index (χ1) is 12.5. The van der Waals surface area contributed by atoms with Gasteiger partial charge in [0.15, 0.2) is 0 Å². The number of benzene rings is 2. The van der Waals surface area contributed by atoms with E-state index in [1.807, 2.05) is 48.5 Å². The lowest BCUT2D eigenvalue weighted by Crippen LogP contribution is -2.42. The lowest BCUT2D eigenvalue weighted by Gasteiger charge is -2.22. The molecule has 5 nitrogen and oxygen atoms in total. The van der Waals surface area contributed by atoms with E-state index in [4.69, 9.17) is 11.6 Å². The molecule has 1 heterocycles. The van der Waals surface area contributed by atoms with Crippen molar-refractivity contribution in [2.75, 3.05) is 0 Å². The number of hydrogen-bond acceptors (Lipinski definition) is 3. The van der Waals surface area contributed by atoms with Crippen molar-refractivity contribution in [1.29, 1.82) is 0 Å². The van der Waals surface area contributed by atoms with Crippen LogP contribution in [0, 0.1) is 5.92 Å². The Bertz CT molecular complexity index is 860. The Labute approximate surface area is 158 Å². The number of aromatic nitrogens is 3. The van der Waals surface area contributed by atoms with Crippen LogP contribution < -0.4 is 5.32 Å². The maximum Gasteiger partial charge on any atom is 0.251 e. The van der Waals surface area contributed by atoms with E-state index < -0.39 is 0 Å². The van der Waals surface area contributed by atoms with Crippen LogP contribution in [-0.2, 0) is 6.54 Å². The van der Waals surface area contributed by atoms with E-state index in [0.717, 1.165) is 11.1 Å². The molecule has 0 aliphatic carbocycles. The third-order valence-corrected chi connectivity index (χ3v) is 4.49. The highest BCUT2D eigenvalue weighted by molar-refractivity contribution is 6.30. The van der Waals surface area contributed by atoms with Gasteiger partial charge in [-0.3, -0.25) is 4.79 Å². The highest BCUT2D eigenvalue weighted by Crippen LogP contribution is 2.23. The predicted molar refractivity (Wildman–Crippen MR) is 103 cm³/mol. The third kappa shape index (κ3) is 4.49. The molecule has 1 amide bonds. The van der Waals surface area contributed by atoms with Gasteiger partial charge in [0.2, 0.25) is 0 Å². The van der Waals surface area contributed by atoms with Gasteiger partial charge in [0.1, 0.15) is 0 Å². The van der Waals surface area contributed by atoms with Crippen LogP contribution in [0.2, 0.25) is 5.02 Å². The molecule has 0 fully saturated rings. The molecule has 0 radical (unpaired) electrons. The first kappa shape index (κ1) is 18.1. The van der Waals surface area contributed by atoms with Crippen molar-refractivity contribution in [3.8, 4) is 11.1 Å². The summed E-state index contributed by atoms with van der Waals surface area (Å²) in [4.78, 5) is 14.2. The van der Waals surface area contributed by atoms with Gasteiger partial charge in [-0.2, -0.15) is 15.0 Å². The van der Waals surface area contributed by atoms with Crippen LogP contribution in [0.1, 0.15) is 24.2 Å². The Balaban J connectivity index is 1.70. The summed E-state index contributed by atoms with van der Waals surface area (Å²) in [5, 5.41) is 12.0. The second kappa shape index (κ2) is 8.15. The molecule has 134 valence electrons. The van der Waals surface area contributed by atoms with Crippen LogP contribution >= 0.6 is 11.6 Å². The van der Waals surface area contributed by atoms with Gasteiger partial charge in [-0.05, 0) is 41.3 Å². The highest BCUT2D eigenvalue weighted by atomic mass is 35.5. The summed E-state index contributed by atoms with van der Waals surface area (Å²) in [7, 11) is 0. The number of carbonyl (C=O) groups excluding carboxylic acids is 1. The molecule has 0 saturated heterocycles. The summed E-state index contributed by atoms with van der Waals surface area (Å²) in [6.45, 7) is 4.67. The van der Waals surface area contributed by atoms with E-state index in [9.17, 15) is 4.79 Å². The van der Waals surface area contributed by atoms with E-state index in [1.54, 1.807) is 17.2 Å². The Kier molecular flexibility index (Phi) is 5.68. The maximum atomic E-state index is 12.6. The molecule has 3 rings (SSSR count). The monoisotopic (exact) mass is 368 g/mol. The molecule has 0 saturated carbocycles. The Hall–Kier alpha value is -2.66. The third-order valence-electron chi connectivity index (χ3n) is 4.25. The second-order valence-electron chi connectivity index (χ2n) is 6.50. The van der Waals surface area contributed by atoms with Crippen molar-refractivity contribution in [2.24, 2.45) is 5.92 Å². The molecule has 26 heavy (non-hydrogen) atoms. The molecule has 1 atom stereocenters. The topological polar surface area (TPSA) is 59.8 Å². The summed E-state index contributed by atoms with van der Waals surface area (Å²) in [6, 6.07) is 15.1. The van der Waals surface area contributed by atoms with Crippen LogP contribution in [-0.4, -0.2) is 26.9 Å². The number of halogens is 1. The summed E-state index contributed by atoms with van der Waals surface area (Å²) < 4.78 is 0. The Morgan fingerprint density at radius 3 is 2.38 bits per heavy atom. The van der Waals surface area contributed by atoms with Crippen LogP contribution in [0.15, 0.2) is 60.9 Å². The lowest BCUT2D eigenvalue weighted by atomic mass is 10.0. The fourth-order valence-corrected chi connectivity index (χ4v) is 2.86. The lowest BCUT2D eigenvalue weighted by molar-refractivity contribution is 0.0918. The normalized spacial score (nSPS) is 12.2. The van der Waals surface area contributed by atoms with Crippen molar-refractivity contribution in [3.63, 3.8) is 0 Å². The van der Waals surface area contributed by atoms with Gasteiger partial charge in [0.25, 0.3) is 5.91 Å². The Morgan fingerprint density at radius 1 is 1.08 bits per heavy atom. The fraction of sp³-hybridized carbons (Fsp3) is 0.250.